The summed E-state index contributed by atoms with van der Waals surface area (Å²) >= 11 is 0. The van der Waals surface area contributed by atoms with Gasteiger partial charge in [-0.2, -0.15) is 4.31 Å². The Hall–Kier alpha value is -1.68. The number of likely N-dealkylation sites (tertiary alicyclic amines) is 1. The van der Waals surface area contributed by atoms with Crippen LogP contribution in [0.1, 0.15) is 30.1 Å². The van der Waals surface area contributed by atoms with E-state index in [4.69, 9.17) is 5.73 Å². The van der Waals surface area contributed by atoms with Crippen LogP contribution in [-0.4, -0.2) is 79.6 Å². The number of nitrogens with zero attached hydrogens (tertiary/aromatic N) is 3. The maximum absolute atomic E-state index is 13.0. The third-order valence-corrected chi connectivity index (χ3v) is 7.21. The van der Waals surface area contributed by atoms with Crippen LogP contribution in [0.4, 0.5) is 0 Å². The normalized spacial score (nSPS) is 20.7. The van der Waals surface area contributed by atoms with Crippen molar-refractivity contribution < 1.29 is 18.0 Å². The first kappa shape index (κ1) is 22.6. The minimum absolute atomic E-state index is 0. The molecular weight excluding hydrogens is 404 g/mol. The molecule has 2 N–H and O–H groups in total. The number of rotatable bonds is 4. The summed E-state index contributed by atoms with van der Waals surface area (Å²) < 4.78 is 27.3. The maximum atomic E-state index is 13.0. The number of halogens is 1. The van der Waals surface area contributed by atoms with E-state index in [9.17, 15) is 18.0 Å². The summed E-state index contributed by atoms with van der Waals surface area (Å²) in [6, 6.07) is 6.20. The molecule has 156 valence electrons. The van der Waals surface area contributed by atoms with E-state index in [1.165, 1.54) is 23.4 Å². The zero-order valence-corrected chi connectivity index (χ0v) is 17.5. The van der Waals surface area contributed by atoms with Gasteiger partial charge in [-0.25, -0.2) is 8.42 Å². The molecule has 2 aliphatic heterocycles. The minimum Gasteiger partial charge on any atom is -0.340 e. The third-order valence-electron chi connectivity index (χ3n) is 5.31. The van der Waals surface area contributed by atoms with Crippen molar-refractivity contribution in [3.05, 3.63) is 29.8 Å². The minimum atomic E-state index is -3.71. The number of hydrogen-bond acceptors (Lipinski definition) is 5. The number of carbonyl (C=O) groups is 2. The van der Waals surface area contributed by atoms with Crippen molar-refractivity contribution in [2.45, 2.75) is 30.7 Å². The molecule has 0 spiro atoms. The Labute approximate surface area is 172 Å². The van der Waals surface area contributed by atoms with Crippen molar-refractivity contribution in [2.75, 3.05) is 39.3 Å². The number of carbonyl (C=O) groups excluding carboxylic acids is 2. The van der Waals surface area contributed by atoms with Gasteiger partial charge in [-0.05, 0) is 31.0 Å². The van der Waals surface area contributed by atoms with Crippen LogP contribution in [0.3, 0.4) is 0 Å². The summed E-state index contributed by atoms with van der Waals surface area (Å²) in [4.78, 5) is 27.7. The molecule has 1 atom stereocenters. The van der Waals surface area contributed by atoms with E-state index in [-0.39, 0.29) is 48.2 Å². The molecule has 2 fully saturated rings. The molecule has 1 aromatic rings. The number of piperazine rings is 1. The van der Waals surface area contributed by atoms with Gasteiger partial charge < -0.3 is 15.5 Å². The number of amides is 2. The highest BCUT2D eigenvalue weighted by molar-refractivity contribution is 7.89. The molecule has 1 aromatic carbocycles. The van der Waals surface area contributed by atoms with E-state index in [1.807, 2.05) is 0 Å². The molecule has 10 heteroatoms. The van der Waals surface area contributed by atoms with Crippen LogP contribution >= 0.6 is 12.4 Å². The molecule has 8 nitrogen and oxygen atoms in total. The molecule has 2 saturated heterocycles. The van der Waals surface area contributed by atoms with Crippen LogP contribution in [-0.2, 0) is 14.8 Å². The lowest BCUT2D eigenvalue weighted by Gasteiger charge is -2.33. The molecule has 2 aliphatic rings. The standard InChI is InChI=1S/C18H26N4O4S.ClH/c1-14(23)20-8-10-21(11-9-20)27(25,26)17-6-2-4-15(12-17)18(24)22-7-3-5-16(22)13-19;/h2,4,6,12,16H,3,5,7-11,13,19H2,1H3;1H. The molecule has 3 rings (SSSR count). The predicted octanol–water partition coefficient (Wildman–Crippen LogP) is 0.525. The van der Waals surface area contributed by atoms with Crippen LogP contribution in [0.15, 0.2) is 29.2 Å². The number of benzene rings is 1. The molecule has 2 heterocycles. The van der Waals surface area contributed by atoms with Crippen LogP contribution in [0, 0.1) is 0 Å². The molecule has 0 saturated carbocycles. The van der Waals surface area contributed by atoms with Gasteiger partial charge >= 0.3 is 0 Å². The van der Waals surface area contributed by atoms with Gasteiger partial charge in [0.15, 0.2) is 0 Å². The van der Waals surface area contributed by atoms with Gasteiger partial charge in [-0.15, -0.1) is 12.4 Å². The fourth-order valence-corrected chi connectivity index (χ4v) is 5.16. The lowest BCUT2D eigenvalue weighted by Crippen LogP contribution is -2.49. The van der Waals surface area contributed by atoms with E-state index in [0.717, 1.165) is 12.8 Å². The van der Waals surface area contributed by atoms with Gasteiger partial charge in [-0.1, -0.05) is 6.07 Å². The zero-order valence-electron chi connectivity index (χ0n) is 15.9. The number of hydrogen-bond donors (Lipinski definition) is 1. The second-order valence-electron chi connectivity index (χ2n) is 6.97. The molecule has 0 aromatic heterocycles. The lowest BCUT2D eigenvalue weighted by molar-refractivity contribution is -0.129. The molecule has 0 radical (unpaired) electrons. The lowest BCUT2D eigenvalue weighted by atomic mass is 10.1. The van der Waals surface area contributed by atoms with Gasteiger partial charge in [0.2, 0.25) is 15.9 Å². The summed E-state index contributed by atoms with van der Waals surface area (Å²) in [5.74, 6) is -0.235. The highest BCUT2D eigenvalue weighted by Crippen LogP contribution is 2.23. The van der Waals surface area contributed by atoms with E-state index in [0.29, 0.717) is 31.7 Å². The topological polar surface area (TPSA) is 104 Å². The van der Waals surface area contributed by atoms with Crippen LogP contribution < -0.4 is 5.73 Å². The van der Waals surface area contributed by atoms with Crippen molar-refractivity contribution in [3.8, 4) is 0 Å². The summed E-state index contributed by atoms with van der Waals surface area (Å²) in [7, 11) is -3.71. The fraction of sp³-hybridized carbons (Fsp3) is 0.556. The highest BCUT2D eigenvalue weighted by atomic mass is 35.5. The smallest absolute Gasteiger partial charge is 0.254 e. The average Bonchev–Trinajstić information content (AvgIpc) is 3.16. The Morgan fingerprint density at radius 3 is 2.43 bits per heavy atom. The Morgan fingerprint density at radius 1 is 1.14 bits per heavy atom. The number of nitrogens with two attached hydrogens (primary N) is 1. The molecule has 0 bridgehead atoms. The Balaban J connectivity index is 0.00000280. The van der Waals surface area contributed by atoms with Gasteiger partial charge in [0, 0.05) is 57.8 Å². The Kier molecular flexibility index (Phi) is 7.44. The fourth-order valence-electron chi connectivity index (χ4n) is 3.70. The Morgan fingerprint density at radius 2 is 1.82 bits per heavy atom. The maximum Gasteiger partial charge on any atom is 0.254 e. The van der Waals surface area contributed by atoms with Gasteiger partial charge in [0.1, 0.15) is 0 Å². The monoisotopic (exact) mass is 430 g/mol. The van der Waals surface area contributed by atoms with E-state index >= 15 is 0 Å². The average molecular weight is 431 g/mol. The molecule has 28 heavy (non-hydrogen) atoms. The molecule has 2 amide bonds. The van der Waals surface area contributed by atoms with E-state index in [2.05, 4.69) is 0 Å². The quantitative estimate of drug-likeness (QED) is 0.750. The van der Waals surface area contributed by atoms with Gasteiger partial charge in [0.25, 0.3) is 5.91 Å². The highest BCUT2D eigenvalue weighted by Gasteiger charge is 2.31. The van der Waals surface area contributed by atoms with Gasteiger partial charge in [0.05, 0.1) is 4.90 Å². The predicted molar refractivity (Wildman–Crippen MR) is 108 cm³/mol. The Bertz CT molecular complexity index is 825. The van der Waals surface area contributed by atoms with Crippen LogP contribution in [0.5, 0.6) is 0 Å². The first-order valence-electron chi connectivity index (χ1n) is 9.21. The van der Waals surface area contributed by atoms with Crippen molar-refractivity contribution in [1.29, 1.82) is 0 Å². The first-order valence-corrected chi connectivity index (χ1v) is 10.7. The van der Waals surface area contributed by atoms with Gasteiger partial charge in [-0.3, -0.25) is 9.59 Å². The largest absolute Gasteiger partial charge is 0.340 e. The summed E-state index contributed by atoms with van der Waals surface area (Å²) in [5.41, 5.74) is 6.10. The second kappa shape index (κ2) is 9.21. The molecule has 0 aliphatic carbocycles. The van der Waals surface area contributed by atoms with Crippen LogP contribution in [0.25, 0.3) is 0 Å². The second-order valence-corrected chi connectivity index (χ2v) is 8.91. The third kappa shape index (κ3) is 4.48. The summed E-state index contributed by atoms with van der Waals surface area (Å²) in [6.07, 6.45) is 1.78. The van der Waals surface area contributed by atoms with Crippen LogP contribution in [0.2, 0.25) is 0 Å². The van der Waals surface area contributed by atoms with Crippen molar-refractivity contribution >= 4 is 34.2 Å². The zero-order chi connectivity index (χ0) is 19.6. The van der Waals surface area contributed by atoms with E-state index < -0.39 is 10.0 Å². The van der Waals surface area contributed by atoms with Crippen molar-refractivity contribution in [2.24, 2.45) is 5.73 Å². The van der Waals surface area contributed by atoms with Crippen molar-refractivity contribution in [3.63, 3.8) is 0 Å². The summed E-state index contributed by atoms with van der Waals surface area (Å²) in [6.45, 7) is 3.78. The summed E-state index contributed by atoms with van der Waals surface area (Å²) in [5, 5.41) is 0. The van der Waals surface area contributed by atoms with E-state index in [1.54, 1.807) is 21.9 Å². The first-order chi connectivity index (χ1) is 12.8. The molecular formula is C18H27ClN4O4S. The van der Waals surface area contributed by atoms with Crippen molar-refractivity contribution in [1.82, 2.24) is 14.1 Å². The number of sulfonamides is 1. The molecule has 1 unspecified atom stereocenters. The SMILES string of the molecule is CC(=O)N1CCN(S(=O)(=O)c2cccc(C(=O)N3CCCC3CN)c2)CC1.Cl.